The molecule has 4 fully saturated rings. The van der Waals surface area contributed by atoms with E-state index in [0.717, 1.165) is 54.8 Å². The molecule has 8 atom stereocenters. The van der Waals surface area contributed by atoms with Crippen LogP contribution < -0.4 is 0 Å². The van der Waals surface area contributed by atoms with Crippen LogP contribution in [-0.2, 0) is 14.2 Å². The monoisotopic (exact) mass is 318 g/mol. The van der Waals surface area contributed by atoms with E-state index >= 15 is 0 Å². The molecular weight excluding hydrogens is 292 g/mol. The van der Waals surface area contributed by atoms with E-state index in [4.69, 9.17) is 14.2 Å². The van der Waals surface area contributed by atoms with Crippen molar-refractivity contribution in [3.8, 4) is 0 Å². The van der Waals surface area contributed by atoms with Crippen molar-refractivity contribution in [3.05, 3.63) is 12.2 Å². The van der Waals surface area contributed by atoms with Crippen LogP contribution in [0.15, 0.2) is 12.2 Å². The topological polar surface area (TPSA) is 44.8 Å². The van der Waals surface area contributed by atoms with Gasteiger partial charge in [0, 0.05) is 6.42 Å². The lowest BCUT2D eigenvalue weighted by molar-refractivity contribution is -0.143. The molecular formula is C19H26O4. The van der Waals surface area contributed by atoms with Crippen LogP contribution in [0, 0.1) is 41.4 Å². The molecule has 126 valence electrons. The number of ether oxygens (including phenoxy) is 3. The van der Waals surface area contributed by atoms with Crippen molar-refractivity contribution in [2.24, 2.45) is 41.4 Å². The third-order valence-corrected chi connectivity index (χ3v) is 7.19. The Morgan fingerprint density at radius 2 is 1.96 bits per heavy atom. The minimum absolute atomic E-state index is 0.392. The fourth-order valence-corrected chi connectivity index (χ4v) is 6.47. The molecule has 23 heavy (non-hydrogen) atoms. The Kier molecular flexibility index (Phi) is 3.43. The number of rotatable bonds is 3. The van der Waals surface area contributed by atoms with Gasteiger partial charge in [0.2, 0.25) is 6.29 Å². The second-order valence-electron chi connectivity index (χ2n) is 8.23. The van der Waals surface area contributed by atoms with E-state index in [2.05, 4.69) is 12.2 Å². The lowest BCUT2D eigenvalue weighted by Gasteiger charge is -2.36. The predicted molar refractivity (Wildman–Crippen MR) is 83.4 cm³/mol. The van der Waals surface area contributed by atoms with Crippen molar-refractivity contribution < 1.29 is 19.0 Å². The third-order valence-electron chi connectivity index (χ3n) is 7.19. The van der Waals surface area contributed by atoms with Gasteiger partial charge >= 0.3 is 6.16 Å². The van der Waals surface area contributed by atoms with Gasteiger partial charge in [-0.15, -0.1) is 0 Å². The number of hydrogen-bond donors (Lipinski definition) is 0. The van der Waals surface area contributed by atoms with Gasteiger partial charge in [-0.05, 0) is 73.5 Å². The lowest BCUT2D eigenvalue weighted by atomic mass is 9.69. The summed E-state index contributed by atoms with van der Waals surface area (Å²) in [5, 5.41) is 0. The van der Waals surface area contributed by atoms with Gasteiger partial charge in [0.05, 0.1) is 13.2 Å². The summed E-state index contributed by atoms with van der Waals surface area (Å²) in [5.41, 5.74) is 0. The van der Waals surface area contributed by atoms with Crippen molar-refractivity contribution in [2.45, 2.75) is 44.8 Å². The fraction of sp³-hybridized carbons (Fsp3) is 0.842. The van der Waals surface area contributed by atoms with E-state index in [9.17, 15) is 4.79 Å². The van der Waals surface area contributed by atoms with E-state index < -0.39 is 12.4 Å². The highest BCUT2D eigenvalue weighted by atomic mass is 16.8. The molecule has 0 aromatic heterocycles. The van der Waals surface area contributed by atoms with Crippen LogP contribution in [0.2, 0.25) is 0 Å². The first kappa shape index (κ1) is 14.3. The highest BCUT2D eigenvalue weighted by Crippen LogP contribution is 2.66. The van der Waals surface area contributed by atoms with E-state index in [1.54, 1.807) is 0 Å². The summed E-state index contributed by atoms with van der Waals surface area (Å²) in [6, 6.07) is 0. The van der Waals surface area contributed by atoms with Crippen LogP contribution in [0.25, 0.3) is 0 Å². The average molecular weight is 318 g/mol. The summed E-state index contributed by atoms with van der Waals surface area (Å²) in [6.07, 6.45) is 10.9. The molecule has 8 unspecified atom stereocenters. The Labute approximate surface area is 137 Å². The van der Waals surface area contributed by atoms with Gasteiger partial charge in [0.15, 0.2) is 0 Å². The molecule has 0 N–H and O–H groups in total. The van der Waals surface area contributed by atoms with Crippen LogP contribution in [0.5, 0.6) is 0 Å². The van der Waals surface area contributed by atoms with Crippen molar-refractivity contribution in [3.63, 3.8) is 0 Å². The van der Waals surface area contributed by atoms with Gasteiger partial charge in [-0.25, -0.2) is 4.79 Å². The van der Waals surface area contributed by atoms with Gasteiger partial charge in [0.1, 0.15) is 0 Å². The Morgan fingerprint density at radius 3 is 2.78 bits per heavy atom. The van der Waals surface area contributed by atoms with Crippen molar-refractivity contribution in [1.82, 2.24) is 0 Å². The third kappa shape index (κ3) is 2.33. The van der Waals surface area contributed by atoms with Crippen molar-refractivity contribution >= 4 is 6.16 Å². The second-order valence-corrected chi connectivity index (χ2v) is 8.23. The van der Waals surface area contributed by atoms with E-state index in [1.807, 2.05) is 0 Å². The summed E-state index contributed by atoms with van der Waals surface area (Å²) in [7, 11) is 0. The molecule has 4 nitrogen and oxygen atoms in total. The van der Waals surface area contributed by atoms with Crippen LogP contribution >= 0.6 is 0 Å². The van der Waals surface area contributed by atoms with E-state index in [-0.39, 0.29) is 0 Å². The first-order chi connectivity index (χ1) is 11.3. The van der Waals surface area contributed by atoms with E-state index in [1.165, 1.54) is 19.3 Å². The SMILES string of the molecule is O=C(OCC1CC2CC1C1C3C=CC(C3)C21)OC1CCCCO1. The van der Waals surface area contributed by atoms with Gasteiger partial charge in [0.25, 0.3) is 0 Å². The minimum Gasteiger partial charge on any atom is -0.434 e. The molecule has 0 aromatic rings. The summed E-state index contributed by atoms with van der Waals surface area (Å²) >= 11 is 0. The van der Waals surface area contributed by atoms with Crippen LogP contribution in [0.3, 0.4) is 0 Å². The zero-order chi connectivity index (χ0) is 15.4. The average Bonchev–Trinajstić information content (AvgIpc) is 3.32. The summed E-state index contributed by atoms with van der Waals surface area (Å²) in [5.74, 6) is 5.67. The number of allylic oxidation sites excluding steroid dienone is 2. The zero-order valence-electron chi connectivity index (χ0n) is 13.6. The van der Waals surface area contributed by atoms with Crippen molar-refractivity contribution in [2.75, 3.05) is 13.2 Å². The molecule has 5 rings (SSSR count). The first-order valence-electron chi connectivity index (χ1n) is 9.43. The lowest BCUT2D eigenvalue weighted by Crippen LogP contribution is -2.34. The minimum atomic E-state index is -0.538. The predicted octanol–water partition coefficient (Wildman–Crippen LogP) is 3.76. The van der Waals surface area contributed by atoms with Gasteiger partial charge in [-0.2, -0.15) is 0 Å². The standard InChI is InChI=1S/C19H26O4/c20-19(23-16-3-1-2-6-21-16)22-10-14-8-13-9-15(14)18-12-5-4-11(7-12)17(13)18/h4-5,11-18H,1-3,6-10H2. The Morgan fingerprint density at radius 1 is 1.09 bits per heavy atom. The molecule has 1 heterocycles. The maximum absolute atomic E-state index is 11.9. The second kappa shape index (κ2) is 5.51. The van der Waals surface area contributed by atoms with Crippen LogP contribution in [0.4, 0.5) is 4.79 Å². The molecule has 5 aliphatic rings. The molecule has 1 aliphatic heterocycles. The molecule has 1 saturated heterocycles. The number of carbonyl (C=O) groups is 1. The Bertz CT molecular complexity index is 509. The molecule has 4 heteroatoms. The van der Waals surface area contributed by atoms with Crippen LogP contribution in [0.1, 0.15) is 38.5 Å². The number of fused-ring (bicyclic) bond motifs is 9. The fourth-order valence-electron chi connectivity index (χ4n) is 6.47. The quantitative estimate of drug-likeness (QED) is 0.451. The first-order valence-corrected chi connectivity index (χ1v) is 9.43. The highest BCUT2D eigenvalue weighted by molar-refractivity contribution is 5.60. The maximum Gasteiger partial charge on any atom is 0.510 e. The molecule has 4 bridgehead atoms. The molecule has 3 saturated carbocycles. The Hall–Kier alpha value is -1.03. The maximum atomic E-state index is 11.9. The normalized spacial score (nSPS) is 49.4. The van der Waals surface area contributed by atoms with Gasteiger partial charge in [-0.3, -0.25) is 0 Å². The van der Waals surface area contributed by atoms with Crippen molar-refractivity contribution in [1.29, 1.82) is 0 Å². The van der Waals surface area contributed by atoms with Gasteiger partial charge < -0.3 is 14.2 Å². The molecule has 0 amide bonds. The van der Waals surface area contributed by atoms with Gasteiger partial charge in [-0.1, -0.05) is 12.2 Å². The zero-order valence-corrected chi connectivity index (χ0v) is 13.6. The number of carbonyl (C=O) groups excluding carboxylic acids is 1. The summed E-state index contributed by atoms with van der Waals surface area (Å²) in [6.45, 7) is 1.22. The highest BCUT2D eigenvalue weighted by Gasteiger charge is 2.60. The molecule has 0 radical (unpaired) electrons. The number of hydrogen-bond acceptors (Lipinski definition) is 4. The Balaban J connectivity index is 1.14. The summed E-state index contributed by atoms with van der Waals surface area (Å²) in [4.78, 5) is 11.9. The largest absolute Gasteiger partial charge is 0.510 e. The molecule has 0 aromatic carbocycles. The molecule has 4 aliphatic carbocycles. The van der Waals surface area contributed by atoms with Crippen LogP contribution in [-0.4, -0.2) is 25.7 Å². The van der Waals surface area contributed by atoms with E-state index in [0.29, 0.717) is 19.1 Å². The summed E-state index contributed by atoms with van der Waals surface area (Å²) < 4.78 is 16.2. The molecule has 0 spiro atoms. The smallest absolute Gasteiger partial charge is 0.434 e.